The number of unbranched alkanes of at least 4 members (excludes halogenated alkanes) is 57. The zero-order chi connectivity index (χ0) is 59.9. The van der Waals surface area contributed by atoms with E-state index in [1.165, 1.54) is 353 Å². The van der Waals surface area contributed by atoms with E-state index in [1.807, 2.05) is 0 Å². The van der Waals surface area contributed by atoms with Crippen LogP contribution in [0.25, 0.3) is 0 Å². The number of hydrogen-bond donors (Lipinski definition) is 3. The topological polar surface area (TPSA) is 95.9 Å². The van der Waals surface area contributed by atoms with Crippen LogP contribution in [0.2, 0.25) is 0 Å². The van der Waals surface area contributed by atoms with Gasteiger partial charge in [0, 0.05) is 12.8 Å². The molecule has 0 aliphatic rings. The quantitative estimate of drug-likeness (QED) is 0.0320. The fourth-order valence-electron chi connectivity index (χ4n) is 12.2. The number of carbonyl (C=O) groups is 2. The van der Waals surface area contributed by atoms with Gasteiger partial charge in [-0.2, -0.15) is 0 Å². The lowest BCUT2D eigenvalue weighted by molar-refractivity contribution is -0.143. The van der Waals surface area contributed by atoms with E-state index < -0.39 is 12.1 Å². The molecule has 492 valence electrons. The first-order valence-corrected chi connectivity index (χ1v) is 38.1. The normalized spacial score (nSPS) is 12.6. The molecule has 0 spiro atoms. The van der Waals surface area contributed by atoms with Crippen molar-refractivity contribution >= 4 is 11.9 Å². The van der Waals surface area contributed by atoms with Crippen LogP contribution in [0.5, 0.6) is 0 Å². The van der Waals surface area contributed by atoms with Crippen LogP contribution in [-0.2, 0) is 14.3 Å². The molecule has 2 atom stereocenters. The summed E-state index contributed by atoms with van der Waals surface area (Å²) in [6.07, 6.45) is 92.6. The fraction of sp³-hybridized carbons (Fsp3) is 0.922. The maximum absolute atomic E-state index is 12.6. The van der Waals surface area contributed by atoms with Crippen molar-refractivity contribution in [2.45, 2.75) is 443 Å². The van der Waals surface area contributed by atoms with E-state index >= 15 is 0 Å². The molecule has 0 bridgehead atoms. The molecule has 0 rings (SSSR count). The first-order valence-electron chi connectivity index (χ1n) is 38.1. The number of carbonyl (C=O) groups excluding carboxylic acids is 2. The molecule has 0 aromatic rings. The molecule has 1 amide bonds. The summed E-state index contributed by atoms with van der Waals surface area (Å²) in [4.78, 5) is 24.6. The summed E-state index contributed by atoms with van der Waals surface area (Å²) in [5, 5.41) is 23.4. The third kappa shape index (κ3) is 69.3. The summed E-state index contributed by atoms with van der Waals surface area (Å²) < 4.78 is 5.48. The highest BCUT2D eigenvalue weighted by molar-refractivity contribution is 5.76. The molecule has 0 aromatic carbocycles. The zero-order valence-corrected chi connectivity index (χ0v) is 56.5. The van der Waals surface area contributed by atoms with Crippen molar-refractivity contribution in [2.24, 2.45) is 0 Å². The van der Waals surface area contributed by atoms with Gasteiger partial charge in [0.2, 0.25) is 5.91 Å². The molecule has 0 saturated heterocycles. The number of aliphatic hydroxyl groups excluding tert-OH is 2. The summed E-state index contributed by atoms with van der Waals surface area (Å²) in [5.41, 5.74) is 0. The summed E-state index contributed by atoms with van der Waals surface area (Å²) in [7, 11) is 0. The van der Waals surface area contributed by atoms with Crippen LogP contribution in [0.15, 0.2) is 24.3 Å². The number of rotatable bonds is 72. The second-order valence-corrected chi connectivity index (χ2v) is 26.3. The number of aliphatic hydroxyl groups is 2. The third-order valence-corrected chi connectivity index (χ3v) is 18.0. The molecule has 0 radical (unpaired) electrons. The lowest BCUT2D eigenvalue weighted by atomic mass is 10.0. The van der Waals surface area contributed by atoms with Gasteiger partial charge in [-0.15, -0.1) is 0 Å². The predicted molar refractivity (Wildman–Crippen MR) is 366 cm³/mol. The van der Waals surface area contributed by atoms with Gasteiger partial charge in [-0.25, -0.2) is 0 Å². The van der Waals surface area contributed by atoms with Crippen LogP contribution < -0.4 is 5.32 Å². The van der Waals surface area contributed by atoms with Gasteiger partial charge >= 0.3 is 5.97 Å². The molecular formula is C77H149NO5. The standard InChI is InChI=1S/C77H149NO5/c1-3-5-7-9-11-13-15-17-18-19-20-34-37-40-43-46-49-53-57-61-65-69-75(80)74(73-79)78-76(81)70-66-62-58-54-50-47-44-41-38-35-32-30-28-26-24-22-21-23-25-27-29-31-33-36-39-42-45-48-52-56-60-64-68-72-83-77(82)71-67-63-59-55-51-16-14-12-10-8-6-4-2/h12,14,25,27,74-75,79-80H,3-11,13,15-24,26,28-73H2,1-2H3,(H,78,81)/b14-12-,27-25-. The van der Waals surface area contributed by atoms with Gasteiger partial charge in [-0.1, -0.05) is 366 Å². The Balaban J connectivity index is 3.35. The van der Waals surface area contributed by atoms with Gasteiger partial charge < -0.3 is 20.3 Å². The highest BCUT2D eigenvalue weighted by Gasteiger charge is 2.20. The van der Waals surface area contributed by atoms with Crippen LogP contribution in [0.3, 0.4) is 0 Å². The Bertz CT molecular complexity index is 1300. The van der Waals surface area contributed by atoms with Gasteiger partial charge in [0.25, 0.3) is 0 Å². The number of nitrogens with one attached hydrogen (secondary N) is 1. The number of esters is 1. The van der Waals surface area contributed by atoms with E-state index in [2.05, 4.69) is 43.5 Å². The molecule has 6 nitrogen and oxygen atoms in total. The number of hydrogen-bond acceptors (Lipinski definition) is 5. The molecule has 3 N–H and O–H groups in total. The van der Waals surface area contributed by atoms with Crippen molar-refractivity contribution < 1.29 is 24.5 Å². The molecule has 83 heavy (non-hydrogen) atoms. The van der Waals surface area contributed by atoms with E-state index in [4.69, 9.17) is 4.74 Å². The van der Waals surface area contributed by atoms with Crippen LogP contribution in [0.4, 0.5) is 0 Å². The van der Waals surface area contributed by atoms with Crippen LogP contribution in [0, 0.1) is 0 Å². The average Bonchev–Trinajstić information content (AvgIpc) is 3.49. The van der Waals surface area contributed by atoms with Crippen molar-refractivity contribution in [3.63, 3.8) is 0 Å². The minimum atomic E-state index is -0.663. The van der Waals surface area contributed by atoms with Gasteiger partial charge in [0.05, 0.1) is 25.4 Å². The molecule has 2 unspecified atom stereocenters. The molecular weight excluding hydrogens is 1020 g/mol. The van der Waals surface area contributed by atoms with Crippen LogP contribution in [-0.4, -0.2) is 47.4 Å². The highest BCUT2D eigenvalue weighted by atomic mass is 16.5. The molecule has 0 aromatic heterocycles. The highest BCUT2D eigenvalue weighted by Crippen LogP contribution is 2.20. The van der Waals surface area contributed by atoms with Crippen molar-refractivity contribution in [3.05, 3.63) is 24.3 Å². The van der Waals surface area contributed by atoms with Gasteiger partial charge in [-0.3, -0.25) is 9.59 Å². The number of allylic oxidation sites excluding steroid dienone is 4. The van der Waals surface area contributed by atoms with Crippen LogP contribution in [0.1, 0.15) is 431 Å². The second kappa shape index (κ2) is 72.8. The van der Waals surface area contributed by atoms with Crippen molar-refractivity contribution in [1.82, 2.24) is 5.32 Å². The van der Waals surface area contributed by atoms with Crippen LogP contribution >= 0.6 is 0 Å². The van der Waals surface area contributed by atoms with Crippen molar-refractivity contribution in [2.75, 3.05) is 13.2 Å². The minimum absolute atomic E-state index is 0.00930. The Morgan fingerprint density at radius 2 is 0.566 bits per heavy atom. The van der Waals surface area contributed by atoms with E-state index in [0.29, 0.717) is 25.9 Å². The zero-order valence-electron chi connectivity index (χ0n) is 56.5. The Hall–Kier alpha value is -1.66. The Morgan fingerprint density at radius 1 is 0.325 bits per heavy atom. The third-order valence-electron chi connectivity index (χ3n) is 18.0. The van der Waals surface area contributed by atoms with Gasteiger partial charge in [-0.05, 0) is 77.0 Å². The van der Waals surface area contributed by atoms with Crippen molar-refractivity contribution in [3.8, 4) is 0 Å². The first-order chi connectivity index (χ1) is 41.0. The molecule has 0 fully saturated rings. The number of amides is 1. The first kappa shape index (κ1) is 81.3. The summed E-state index contributed by atoms with van der Waals surface area (Å²) in [6, 6.07) is -0.540. The van der Waals surface area contributed by atoms with E-state index in [0.717, 1.165) is 44.9 Å². The molecule has 0 heterocycles. The Labute approximate surface area is 520 Å². The molecule has 0 aliphatic heterocycles. The number of ether oxygens (including phenoxy) is 1. The SMILES string of the molecule is CCCCC/C=C\CCCCCCCC(=O)OCCCCCCCCCCCCCC/C=C\CCCCCCCCCCCCCCCCCCCC(=O)NC(CO)C(O)CCCCCCCCCCCCCCCCCCCCCCC. The van der Waals surface area contributed by atoms with Crippen molar-refractivity contribution in [1.29, 1.82) is 0 Å². The van der Waals surface area contributed by atoms with Gasteiger partial charge in [0.1, 0.15) is 0 Å². The minimum Gasteiger partial charge on any atom is -0.466 e. The summed E-state index contributed by atoms with van der Waals surface area (Å²) in [6.45, 7) is 4.97. The Morgan fingerprint density at radius 3 is 0.880 bits per heavy atom. The summed E-state index contributed by atoms with van der Waals surface area (Å²) >= 11 is 0. The fourth-order valence-corrected chi connectivity index (χ4v) is 12.2. The maximum atomic E-state index is 12.6. The molecule has 0 aliphatic carbocycles. The smallest absolute Gasteiger partial charge is 0.305 e. The largest absolute Gasteiger partial charge is 0.466 e. The monoisotopic (exact) mass is 1170 g/mol. The lowest BCUT2D eigenvalue weighted by Gasteiger charge is -2.22. The van der Waals surface area contributed by atoms with Gasteiger partial charge in [0.15, 0.2) is 0 Å². The second-order valence-electron chi connectivity index (χ2n) is 26.3. The summed E-state index contributed by atoms with van der Waals surface area (Å²) in [5.74, 6) is -0.0175. The maximum Gasteiger partial charge on any atom is 0.305 e. The molecule has 0 saturated carbocycles. The van der Waals surface area contributed by atoms with E-state index in [-0.39, 0.29) is 18.5 Å². The lowest BCUT2D eigenvalue weighted by Crippen LogP contribution is -2.45. The predicted octanol–water partition coefficient (Wildman–Crippen LogP) is 24.9. The van der Waals surface area contributed by atoms with E-state index in [1.54, 1.807) is 0 Å². The Kier molecular flexibility index (Phi) is 71.4. The molecule has 6 heteroatoms. The van der Waals surface area contributed by atoms with E-state index in [9.17, 15) is 19.8 Å². The average molecular weight is 1170 g/mol.